The lowest BCUT2D eigenvalue weighted by atomic mass is 10.2. The molecule has 1 aromatic rings. The van der Waals surface area contributed by atoms with Gasteiger partial charge >= 0.3 is 5.97 Å². The maximum absolute atomic E-state index is 13.1. The Morgan fingerprint density at radius 2 is 2.00 bits per heavy atom. The first-order chi connectivity index (χ1) is 7.50. The van der Waals surface area contributed by atoms with E-state index in [-0.39, 0.29) is 12.2 Å². The molecule has 1 rings (SSSR count). The van der Waals surface area contributed by atoms with Crippen LogP contribution < -0.4 is 5.32 Å². The molecule has 86 valence electrons. The van der Waals surface area contributed by atoms with Gasteiger partial charge in [-0.1, -0.05) is 6.07 Å². The minimum absolute atomic E-state index is 0.0736. The number of rotatable bonds is 4. The highest BCUT2D eigenvalue weighted by molar-refractivity contribution is 5.80. The van der Waals surface area contributed by atoms with Crippen LogP contribution in [0.1, 0.15) is 6.92 Å². The van der Waals surface area contributed by atoms with Crippen molar-refractivity contribution in [1.29, 1.82) is 0 Å². The lowest BCUT2D eigenvalue weighted by Crippen LogP contribution is -2.07. The summed E-state index contributed by atoms with van der Waals surface area (Å²) in [6, 6.07) is 3.51. The fourth-order valence-corrected chi connectivity index (χ4v) is 1.16. The summed E-state index contributed by atoms with van der Waals surface area (Å²) in [5.74, 6) is -2.50. The van der Waals surface area contributed by atoms with E-state index in [1.165, 1.54) is 6.07 Å². The summed E-state index contributed by atoms with van der Waals surface area (Å²) < 4.78 is 26.3. The monoisotopic (exact) mass is 227 g/mol. The molecule has 0 amide bonds. The van der Waals surface area contributed by atoms with Gasteiger partial charge in [0.2, 0.25) is 0 Å². The van der Waals surface area contributed by atoms with E-state index < -0.39 is 17.6 Å². The molecule has 5 heteroatoms. The van der Waals surface area contributed by atoms with Crippen LogP contribution in [-0.4, -0.2) is 17.6 Å². The molecular weight excluding hydrogens is 216 g/mol. The molecule has 0 aliphatic heterocycles. The van der Waals surface area contributed by atoms with Crippen LogP contribution in [0.4, 0.5) is 14.5 Å². The average Bonchev–Trinajstić information content (AvgIpc) is 2.15. The molecular formula is C11H11F2NO2. The Morgan fingerprint density at radius 1 is 1.44 bits per heavy atom. The van der Waals surface area contributed by atoms with Crippen molar-refractivity contribution in [1.82, 2.24) is 0 Å². The van der Waals surface area contributed by atoms with Crippen molar-refractivity contribution in [2.45, 2.75) is 6.92 Å². The Labute approximate surface area is 91.4 Å². The Bertz CT molecular complexity index is 410. The van der Waals surface area contributed by atoms with E-state index in [1.54, 1.807) is 6.92 Å². The molecule has 0 bridgehead atoms. The normalized spacial score (nSPS) is 11.3. The molecule has 0 fully saturated rings. The van der Waals surface area contributed by atoms with Crippen molar-refractivity contribution >= 4 is 11.7 Å². The van der Waals surface area contributed by atoms with E-state index >= 15 is 0 Å². The molecule has 0 aliphatic rings. The standard InChI is InChI=1S/C11H11F2NO2/c1-7(5-10(15)16)6-14-11-8(12)3-2-4-9(11)13/h2-5,14H,6H2,1H3,(H,15,16)/b7-5-. The molecule has 3 nitrogen and oxygen atoms in total. The zero-order valence-corrected chi connectivity index (χ0v) is 8.63. The SMILES string of the molecule is C/C(=C/C(=O)O)CNc1c(F)cccc1F. The Morgan fingerprint density at radius 3 is 2.50 bits per heavy atom. The Kier molecular flexibility index (Phi) is 3.99. The quantitative estimate of drug-likeness (QED) is 0.776. The van der Waals surface area contributed by atoms with Crippen molar-refractivity contribution in [2.24, 2.45) is 0 Å². The number of carbonyl (C=O) groups is 1. The second-order valence-corrected chi connectivity index (χ2v) is 3.28. The maximum atomic E-state index is 13.1. The number of anilines is 1. The van der Waals surface area contributed by atoms with Gasteiger partial charge in [0.1, 0.15) is 17.3 Å². The fourth-order valence-electron chi connectivity index (χ4n) is 1.16. The number of aliphatic carboxylic acids is 1. The Balaban J connectivity index is 2.72. The van der Waals surface area contributed by atoms with Crippen LogP contribution in [0.5, 0.6) is 0 Å². The van der Waals surface area contributed by atoms with E-state index in [0.29, 0.717) is 5.57 Å². The first-order valence-corrected chi connectivity index (χ1v) is 4.58. The molecule has 16 heavy (non-hydrogen) atoms. The van der Waals surface area contributed by atoms with Gasteiger partial charge in [0, 0.05) is 12.6 Å². The molecule has 2 N–H and O–H groups in total. The number of para-hydroxylation sites is 1. The van der Waals surface area contributed by atoms with Crippen molar-refractivity contribution in [3.05, 3.63) is 41.5 Å². The summed E-state index contributed by atoms with van der Waals surface area (Å²) in [7, 11) is 0. The van der Waals surface area contributed by atoms with Crippen molar-refractivity contribution in [3.63, 3.8) is 0 Å². The average molecular weight is 227 g/mol. The van der Waals surface area contributed by atoms with Crippen LogP contribution in [0, 0.1) is 11.6 Å². The zero-order chi connectivity index (χ0) is 12.1. The molecule has 0 heterocycles. The number of carboxylic acids is 1. The van der Waals surface area contributed by atoms with Gasteiger partial charge in [0.15, 0.2) is 0 Å². The number of carboxylic acid groups (broad SMARTS) is 1. The minimum atomic E-state index is -1.09. The van der Waals surface area contributed by atoms with Gasteiger partial charge < -0.3 is 10.4 Å². The first-order valence-electron chi connectivity index (χ1n) is 4.58. The maximum Gasteiger partial charge on any atom is 0.328 e. The van der Waals surface area contributed by atoms with Gasteiger partial charge in [-0.15, -0.1) is 0 Å². The van der Waals surface area contributed by atoms with Gasteiger partial charge in [0.05, 0.1) is 0 Å². The van der Waals surface area contributed by atoms with E-state index in [4.69, 9.17) is 5.11 Å². The molecule has 0 radical (unpaired) electrons. The van der Waals surface area contributed by atoms with Gasteiger partial charge in [0.25, 0.3) is 0 Å². The minimum Gasteiger partial charge on any atom is -0.478 e. The zero-order valence-electron chi connectivity index (χ0n) is 8.63. The molecule has 0 unspecified atom stereocenters. The fraction of sp³-hybridized carbons (Fsp3) is 0.182. The van der Waals surface area contributed by atoms with Crippen LogP contribution in [0.3, 0.4) is 0 Å². The highest BCUT2D eigenvalue weighted by Crippen LogP contribution is 2.17. The lowest BCUT2D eigenvalue weighted by molar-refractivity contribution is -0.131. The molecule has 0 atom stereocenters. The van der Waals surface area contributed by atoms with Gasteiger partial charge in [-0.25, -0.2) is 13.6 Å². The number of halogens is 2. The molecule has 0 spiro atoms. The van der Waals surface area contributed by atoms with Crippen LogP contribution in [0.15, 0.2) is 29.8 Å². The second kappa shape index (κ2) is 5.25. The molecule has 0 saturated heterocycles. The molecule has 0 aliphatic carbocycles. The first kappa shape index (κ1) is 12.2. The van der Waals surface area contributed by atoms with Crippen molar-refractivity contribution < 1.29 is 18.7 Å². The van der Waals surface area contributed by atoms with Gasteiger partial charge in [-0.05, 0) is 24.6 Å². The van der Waals surface area contributed by atoms with E-state index in [2.05, 4.69) is 5.32 Å². The number of hydrogen-bond acceptors (Lipinski definition) is 2. The predicted molar refractivity (Wildman–Crippen MR) is 56.2 cm³/mol. The second-order valence-electron chi connectivity index (χ2n) is 3.28. The predicted octanol–water partition coefficient (Wildman–Crippen LogP) is 2.41. The summed E-state index contributed by atoms with van der Waals surface area (Å²) in [6.45, 7) is 1.63. The summed E-state index contributed by atoms with van der Waals surface area (Å²) in [4.78, 5) is 10.3. The molecule has 1 aromatic carbocycles. The highest BCUT2D eigenvalue weighted by Gasteiger charge is 2.07. The number of nitrogens with one attached hydrogen (secondary N) is 1. The largest absolute Gasteiger partial charge is 0.478 e. The van der Waals surface area contributed by atoms with Crippen LogP contribution in [-0.2, 0) is 4.79 Å². The van der Waals surface area contributed by atoms with Crippen LogP contribution >= 0.6 is 0 Å². The lowest BCUT2D eigenvalue weighted by Gasteiger charge is -2.08. The summed E-state index contributed by atoms with van der Waals surface area (Å²) in [6.07, 6.45) is 0.978. The van der Waals surface area contributed by atoms with Gasteiger partial charge in [-0.2, -0.15) is 0 Å². The van der Waals surface area contributed by atoms with Crippen molar-refractivity contribution in [3.8, 4) is 0 Å². The van der Waals surface area contributed by atoms with E-state index in [9.17, 15) is 13.6 Å². The molecule has 0 aromatic heterocycles. The third kappa shape index (κ3) is 3.34. The summed E-state index contributed by atoms with van der Waals surface area (Å²) in [5, 5.41) is 10.9. The number of hydrogen-bond donors (Lipinski definition) is 2. The number of benzene rings is 1. The Hall–Kier alpha value is -1.91. The third-order valence-electron chi connectivity index (χ3n) is 1.88. The van der Waals surface area contributed by atoms with Crippen LogP contribution in [0.2, 0.25) is 0 Å². The van der Waals surface area contributed by atoms with E-state index in [1.807, 2.05) is 0 Å². The highest BCUT2D eigenvalue weighted by atomic mass is 19.1. The van der Waals surface area contributed by atoms with E-state index in [0.717, 1.165) is 18.2 Å². The summed E-state index contributed by atoms with van der Waals surface area (Å²) >= 11 is 0. The third-order valence-corrected chi connectivity index (χ3v) is 1.88. The molecule has 0 saturated carbocycles. The van der Waals surface area contributed by atoms with Crippen LogP contribution in [0.25, 0.3) is 0 Å². The smallest absolute Gasteiger partial charge is 0.328 e. The summed E-state index contributed by atoms with van der Waals surface area (Å²) in [5.41, 5.74) is 0.218. The van der Waals surface area contributed by atoms with Crippen molar-refractivity contribution in [2.75, 3.05) is 11.9 Å². The van der Waals surface area contributed by atoms with Gasteiger partial charge in [-0.3, -0.25) is 0 Å². The topological polar surface area (TPSA) is 49.3 Å².